The number of esters is 1. The number of hydrogen-bond donors (Lipinski definition) is 0. The summed E-state index contributed by atoms with van der Waals surface area (Å²) >= 11 is 0. The number of aromatic nitrogens is 3. The summed E-state index contributed by atoms with van der Waals surface area (Å²) in [4.78, 5) is 12.9. The number of carbonyl (C=O) groups is 1. The molecule has 1 aliphatic carbocycles. The number of benzene rings is 2. The Labute approximate surface area is 243 Å². The van der Waals surface area contributed by atoms with Gasteiger partial charge in [-0.25, -0.2) is 17.9 Å². The molecule has 1 unspecified atom stereocenters. The van der Waals surface area contributed by atoms with E-state index in [1.165, 1.54) is 24.8 Å². The predicted molar refractivity (Wildman–Crippen MR) is 161 cm³/mol. The van der Waals surface area contributed by atoms with Crippen LogP contribution in [0.1, 0.15) is 59.1 Å². The summed E-state index contributed by atoms with van der Waals surface area (Å²) in [6, 6.07) is 10.5. The van der Waals surface area contributed by atoms with Crippen LogP contribution in [0.5, 0.6) is 5.75 Å². The summed E-state index contributed by atoms with van der Waals surface area (Å²) < 4.78 is 43.2. The van der Waals surface area contributed by atoms with E-state index in [0.29, 0.717) is 5.92 Å². The van der Waals surface area contributed by atoms with E-state index < -0.39 is 24.1 Å². The maximum Gasteiger partial charge on any atom is 0.341 e. The van der Waals surface area contributed by atoms with Gasteiger partial charge in [0.2, 0.25) is 0 Å². The minimum atomic E-state index is -3.97. The first-order chi connectivity index (χ1) is 19.4. The molecular weight excluding hydrogens is 557 g/mol. The molecular formula is C30H40N4O5SSi. The highest BCUT2D eigenvalue weighted by molar-refractivity contribution is 7.92. The molecule has 11 heteroatoms. The highest BCUT2D eigenvalue weighted by Crippen LogP contribution is 2.45. The molecule has 2 aromatic carbocycles. The minimum Gasteiger partial charge on any atom is -0.486 e. The van der Waals surface area contributed by atoms with Crippen molar-refractivity contribution >= 4 is 29.8 Å². The maximum absolute atomic E-state index is 14.3. The first-order valence-electron chi connectivity index (χ1n) is 14.3. The van der Waals surface area contributed by atoms with Gasteiger partial charge in [0.1, 0.15) is 17.9 Å². The number of methoxy groups -OCH3 is 1. The molecule has 1 saturated carbocycles. The number of fused-ring (bicyclic) bond motifs is 1. The smallest absolute Gasteiger partial charge is 0.341 e. The summed E-state index contributed by atoms with van der Waals surface area (Å²) in [5.74, 6) is -0.0569. The average molecular weight is 597 g/mol. The molecule has 3 aromatic rings. The number of nitrogens with zero attached hydrogens (tertiary/aromatic N) is 4. The van der Waals surface area contributed by atoms with Crippen molar-refractivity contribution in [2.45, 2.75) is 89.3 Å². The molecule has 41 heavy (non-hydrogen) atoms. The largest absolute Gasteiger partial charge is 0.486 e. The van der Waals surface area contributed by atoms with Crippen molar-refractivity contribution in [2.75, 3.05) is 11.4 Å². The molecule has 0 saturated heterocycles. The maximum atomic E-state index is 14.3. The normalized spacial score (nSPS) is 17.3. The van der Waals surface area contributed by atoms with Crippen molar-refractivity contribution in [3.63, 3.8) is 0 Å². The van der Waals surface area contributed by atoms with E-state index >= 15 is 0 Å². The molecule has 0 bridgehead atoms. The summed E-state index contributed by atoms with van der Waals surface area (Å²) in [5.41, 5.74) is 4.63. The van der Waals surface area contributed by atoms with Gasteiger partial charge in [-0.05, 0) is 80.3 Å². The molecule has 2 aliphatic rings. The van der Waals surface area contributed by atoms with Crippen molar-refractivity contribution in [3.8, 4) is 5.75 Å². The van der Waals surface area contributed by atoms with E-state index in [2.05, 4.69) is 42.9 Å². The van der Waals surface area contributed by atoms with E-state index in [9.17, 15) is 13.2 Å². The van der Waals surface area contributed by atoms with Gasteiger partial charge in [0.05, 0.1) is 37.2 Å². The molecule has 220 valence electrons. The van der Waals surface area contributed by atoms with Crippen molar-refractivity contribution in [2.24, 2.45) is 5.92 Å². The van der Waals surface area contributed by atoms with Crippen LogP contribution in [0, 0.1) is 12.8 Å². The van der Waals surface area contributed by atoms with E-state index in [-0.39, 0.29) is 28.9 Å². The minimum absolute atomic E-state index is 0.0462. The Bertz CT molecular complexity index is 1560. The van der Waals surface area contributed by atoms with E-state index in [0.717, 1.165) is 60.9 Å². The van der Waals surface area contributed by atoms with Gasteiger partial charge in [-0.2, -0.15) is 0 Å². The number of sulfonamides is 1. The first-order valence-corrected chi connectivity index (χ1v) is 19.5. The second-order valence-electron chi connectivity index (χ2n) is 12.3. The fourth-order valence-corrected chi connectivity index (χ4v) is 8.55. The number of hydrogen-bond acceptors (Lipinski definition) is 7. The Morgan fingerprint density at radius 2 is 1.85 bits per heavy atom. The Balaban J connectivity index is 1.49. The van der Waals surface area contributed by atoms with Gasteiger partial charge in [-0.15, -0.1) is 5.10 Å². The molecule has 1 aromatic heterocycles. The Kier molecular flexibility index (Phi) is 8.04. The highest BCUT2D eigenvalue weighted by atomic mass is 32.2. The van der Waals surface area contributed by atoms with Gasteiger partial charge in [0.25, 0.3) is 10.0 Å². The van der Waals surface area contributed by atoms with Crippen LogP contribution in [0.3, 0.4) is 0 Å². The summed E-state index contributed by atoms with van der Waals surface area (Å²) in [6.07, 6.45) is 5.38. The second-order valence-corrected chi connectivity index (χ2v) is 19.6. The van der Waals surface area contributed by atoms with Crippen LogP contribution in [-0.2, 0) is 40.4 Å². The third kappa shape index (κ3) is 6.06. The van der Waals surface area contributed by atoms with E-state index in [1.807, 2.05) is 23.7 Å². The van der Waals surface area contributed by atoms with Crippen LogP contribution in [0.4, 0.5) is 5.69 Å². The first kappa shape index (κ1) is 29.3. The molecule has 1 fully saturated rings. The average Bonchev–Trinajstić information content (AvgIpc) is 3.73. The molecule has 5 rings (SSSR count). The molecule has 9 nitrogen and oxygen atoms in total. The van der Waals surface area contributed by atoms with Gasteiger partial charge >= 0.3 is 5.97 Å². The fourth-order valence-electron chi connectivity index (χ4n) is 5.59. The molecule has 0 radical (unpaired) electrons. The molecule has 1 aliphatic heterocycles. The fraction of sp³-hybridized carbons (Fsp3) is 0.500. The lowest BCUT2D eigenvalue weighted by atomic mass is 9.93. The van der Waals surface area contributed by atoms with Crippen LogP contribution in [0.2, 0.25) is 19.6 Å². The molecule has 1 atom stereocenters. The van der Waals surface area contributed by atoms with Crippen molar-refractivity contribution in [1.29, 1.82) is 0 Å². The van der Waals surface area contributed by atoms with E-state index in [4.69, 9.17) is 9.47 Å². The monoisotopic (exact) mass is 596 g/mol. The zero-order valence-electron chi connectivity index (χ0n) is 24.8. The summed E-state index contributed by atoms with van der Waals surface area (Å²) in [7, 11) is -4.18. The van der Waals surface area contributed by atoms with Crippen LogP contribution in [0.25, 0.3) is 0 Å². The quantitative estimate of drug-likeness (QED) is 0.231. The van der Waals surface area contributed by atoms with Crippen LogP contribution < -0.4 is 9.04 Å². The highest BCUT2D eigenvalue weighted by Gasteiger charge is 2.44. The zero-order valence-corrected chi connectivity index (χ0v) is 26.6. The van der Waals surface area contributed by atoms with Crippen molar-refractivity contribution in [1.82, 2.24) is 15.0 Å². The number of carbonyl (C=O) groups excluding carboxylic acids is 1. The van der Waals surface area contributed by atoms with Gasteiger partial charge < -0.3 is 9.47 Å². The van der Waals surface area contributed by atoms with Gasteiger partial charge in [-0.1, -0.05) is 43.9 Å². The molecule has 0 amide bonds. The second kappa shape index (κ2) is 11.2. The van der Waals surface area contributed by atoms with Crippen molar-refractivity contribution in [3.05, 3.63) is 64.5 Å². The van der Waals surface area contributed by atoms with Gasteiger partial charge in [0.15, 0.2) is 0 Å². The molecule has 0 N–H and O–H groups in total. The summed E-state index contributed by atoms with van der Waals surface area (Å²) in [6.45, 7) is 10.9. The number of aryl methyl sites for hydroxylation is 3. The third-order valence-electron chi connectivity index (χ3n) is 7.90. The molecule has 2 heterocycles. The van der Waals surface area contributed by atoms with Crippen LogP contribution in [-0.4, -0.2) is 50.6 Å². The number of anilines is 1. The van der Waals surface area contributed by atoms with E-state index in [1.54, 1.807) is 10.4 Å². The third-order valence-corrected chi connectivity index (χ3v) is 11.0. The Morgan fingerprint density at radius 3 is 2.51 bits per heavy atom. The van der Waals surface area contributed by atoms with Gasteiger partial charge in [-0.3, -0.25) is 4.31 Å². The molecule has 0 spiro atoms. The lowest BCUT2D eigenvalue weighted by Crippen LogP contribution is -2.45. The Hall–Kier alpha value is -3.18. The van der Waals surface area contributed by atoms with Crippen molar-refractivity contribution < 1.29 is 22.7 Å². The number of ether oxygens (including phenoxy) is 2. The predicted octanol–water partition coefficient (Wildman–Crippen LogP) is 5.31. The zero-order chi connectivity index (χ0) is 29.5. The lowest BCUT2D eigenvalue weighted by molar-refractivity contribution is 0.0595. The van der Waals surface area contributed by atoms with Crippen LogP contribution in [0.15, 0.2) is 41.3 Å². The van der Waals surface area contributed by atoms with Crippen LogP contribution >= 0.6 is 0 Å². The summed E-state index contributed by atoms with van der Waals surface area (Å²) in [5, 5.41) is 8.50. The topological polar surface area (TPSA) is 104 Å². The van der Waals surface area contributed by atoms with Gasteiger partial charge in [0, 0.05) is 12.2 Å². The number of rotatable bonds is 10. The SMILES string of the molecule is CCc1ccc2c(c1)CCC(C1CC1)N2S(=O)(=O)c1ccc(OCc2c(C)nnn2C[Si](C)(C)C)c(C(=O)OC)c1. The Morgan fingerprint density at radius 1 is 1.10 bits per heavy atom. The standard InChI is InChI=1S/C30H40N4O5SSi/c1-7-21-8-13-27-23(16-21)11-14-26(22-9-10-22)34(27)40(36,37)24-12-15-29(25(17-24)30(35)38-3)39-18-28-20(2)31-32-33(28)19-41(4,5)6/h8,12-13,15-17,22,26H,7,9-11,14,18-19H2,1-6H3. The lowest BCUT2D eigenvalue weighted by Gasteiger charge is -2.38.